The van der Waals surface area contributed by atoms with Gasteiger partial charge in [0.15, 0.2) is 0 Å². The molecule has 0 radical (unpaired) electrons. The highest BCUT2D eigenvalue weighted by Crippen LogP contribution is 2.41. The predicted molar refractivity (Wildman–Crippen MR) is 89.9 cm³/mol. The first-order valence-electron chi connectivity index (χ1n) is 7.94. The van der Waals surface area contributed by atoms with Gasteiger partial charge in [-0.1, -0.05) is 42.5 Å². The van der Waals surface area contributed by atoms with E-state index in [1.54, 1.807) is 19.2 Å². The molecule has 1 aliphatic carbocycles. The highest BCUT2D eigenvalue weighted by Gasteiger charge is 2.46. The Morgan fingerprint density at radius 1 is 0.958 bits per heavy atom. The van der Waals surface area contributed by atoms with Crippen LogP contribution in [0.25, 0.3) is 0 Å². The molecule has 2 aromatic rings. The monoisotopic (exact) mass is 325 g/mol. The molecule has 5 heteroatoms. The van der Waals surface area contributed by atoms with Crippen LogP contribution in [-0.4, -0.2) is 23.9 Å². The van der Waals surface area contributed by atoms with E-state index in [0.717, 1.165) is 11.1 Å². The summed E-state index contributed by atoms with van der Waals surface area (Å²) in [6, 6.07) is 15.7. The number of hydrogen-bond donors (Lipinski definition) is 0. The van der Waals surface area contributed by atoms with Crippen molar-refractivity contribution < 1.29 is 14.5 Å². The van der Waals surface area contributed by atoms with Crippen molar-refractivity contribution in [1.29, 1.82) is 0 Å². The molecule has 0 bridgehead atoms. The topological polar surface area (TPSA) is 69.4 Å². The zero-order valence-corrected chi connectivity index (χ0v) is 13.4. The summed E-state index contributed by atoms with van der Waals surface area (Å²) >= 11 is 0. The van der Waals surface area contributed by atoms with Crippen LogP contribution in [0.5, 0.6) is 5.75 Å². The minimum absolute atomic E-state index is 0.0720. The summed E-state index contributed by atoms with van der Waals surface area (Å²) in [5.74, 6) is -0.0483. The number of methoxy groups -OCH3 is 1. The molecule has 2 aromatic carbocycles. The Hall–Kier alpha value is -2.69. The van der Waals surface area contributed by atoms with Gasteiger partial charge in [0, 0.05) is 17.8 Å². The van der Waals surface area contributed by atoms with Crippen LogP contribution >= 0.6 is 0 Å². The zero-order chi connectivity index (χ0) is 17.1. The fourth-order valence-corrected chi connectivity index (χ4v) is 3.57. The molecule has 3 atom stereocenters. The second-order valence-electron chi connectivity index (χ2n) is 6.12. The number of ketones is 1. The number of rotatable bonds is 4. The van der Waals surface area contributed by atoms with E-state index >= 15 is 0 Å². The van der Waals surface area contributed by atoms with E-state index in [2.05, 4.69) is 0 Å². The van der Waals surface area contributed by atoms with Crippen molar-refractivity contribution in [2.75, 3.05) is 7.11 Å². The van der Waals surface area contributed by atoms with Crippen LogP contribution in [0.15, 0.2) is 54.6 Å². The molecule has 0 saturated heterocycles. The summed E-state index contributed by atoms with van der Waals surface area (Å²) in [5, 5.41) is 11.8. The standard InChI is InChI=1S/C19H19NO4/c1-24-16-9-7-14(8-10-16)18-12-15(21)11-17(19(18)20(22)23)13-5-3-2-4-6-13/h2-10,17-19H,11-12H2,1H3/t17-,18+,19-/m0/s1. The van der Waals surface area contributed by atoms with E-state index in [1.165, 1.54) is 0 Å². The van der Waals surface area contributed by atoms with E-state index in [0.29, 0.717) is 5.75 Å². The summed E-state index contributed by atoms with van der Waals surface area (Å²) in [4.78, 5) is 23.9. The first-order valence-corrected chi connectivity index (χ1v) is 7.94. The highest BCUT2D eigenvalue weighted by atomic mass is 16.6. The number of hydrogen-bond acceptors (Lipinski definition) is 4. The number of carbonyl (C=O) groups is 1. The van der Waals surface area contributed by atoms with Crippen LogP contribution in [-0.2, 0) is 4.79 Å². The molecular formula is C19H19NO4. The second kappa shape index (κ2) is 6.83. The van der Waals surface area contributed by atoms with E-state index in [-0.39, 0.29) is 23.5 Å². The fraction of sp³-hybridized carbons (Fsp3) is 0.316. The quantitative estimate of drug-likeness (QED) is 0.636. The zero-order valence-electron chi connectivity index (χ0n) is 13.4. The summed E-state index contributed by atoms with van der Waals surface area (Å²) in [6.45, 7) is 0. The van der Waals surface area contributed by atoms with Crippen molar-refractivity contribution in [3.05, 3.63) is 75.8 Å². The van der Waals surface area contributed by atoms with Gasteiger partial charge in [0.05, 0.1) is 18.9 Å². The third-order valence-corrected chi connectivity index (χ3v) is 4.73. The Balaban J connectivity index is 1.99. The van der Waals surface area contributed by atoms with Gasteiger partial charge in [-0.25, -0.2) is 0 Å². The predicted octanol–water partition coefficient (Wildman–Crippen LogP) is 3.57. The molecule has 1 saturated carbocycles. The smallest absolute Gasteiger partial charge is 0.227 e. The van der Waals surface area contributed by atoms with Crippen LogP contribution in [0.2, 0.25) is 0 Å². The Morgan fingerprint density at radius 2 is 1.50 bits per heavy atom. The van der Waals surface area contributed by atoms with E-state index < -0.39 is 17.9 Å². The molecule has 0 heterocycles. The minimum Gasteiger partial charge on any atom is -0.497 e. The molecule has 124 valence electrons. The Kier molecular flexibility index (Phi) is 4.60. The van der Waals surface area contributed by atoms with Gasteiger partial charge >= 0.3 is 0 Å². The molecule has 24 heavy (non-hydrogen) atoms. The third kappa shape index (κ3) is 3.15. The average Bonchev–Trinajstić information content (AvgIpc) is 2.61. The van der Waals surface area contributed by atoms with Crippen molar-refractivity contribution in [3.8, 4) is 5.75 Å². The Morgan fingerprint density at radius 3 is 2.00 bits per heavy atom. The van der Waals surface area contributed by atoms with Crippen molar-refractivity contribution in [3.63, 3.8) is 0 Å². The average molecular weight is 325 g/mol. The highest BCUT2D eigenvalue weighted by molar-refractivity contribution is 5.81. The molecule has 1 fully saturated rings. The number of nitrogens with zero attached hydrogens (tertiary/aromatic N) is 1. The summed E-state index contributed by atoms with van der Waals surface area (Å²) in [7, 11) is 1.57. The Labute approximate surface area is 140 Å². The van der Waals surface area contributed by atoms with Crippen molar-refractivity contribution in [2.24, 2.45) is 0 Å². The van der Waals surface area contributed by atoms with Crippen LogP contribution in [0.3, 0.4) is 0 Å². The molecular weight excluding hydrogens is 306 g/mol. The van der Waals surface area contributed by atoms with E-state index in [9.17, 15) is 14.9 Å². The van der Waals surface area contributed by atoms with Crippen LogP contribution in [0, 0.1) is 10.1 Å². The lowest BCUT2D eigenvalue weighted by molar-refractivity contribution is -0.532. The number of benzene rings is 2. The van der Waals surface area contributed by atoms with Gasteiger partial charge in [-0.05, 0) is 23.3 Å². The van der Waals surface area contributed by atoms with Crippen LogP contribution < -0.4 is 4.74 Å². The summed E-state index contributed by atoms with van der Waals surface area (Å²) < 4.78 is 5.14. The molecule has 0 aromatic heterocycles. The van der Waals surface area contributed by atoms with Gasteiger partial charge < -0.3 is 4.74 Å². The van der Waals surface area contributed by atoms with E-state index in [4.69, 9.17) is 4.74 Å². The fourth-order valence-electron chi connectivity index (χ4n) is 3.57. The van der Waals surface area contributed by atoms with Crippen molar-refractivity contribution in [1.82, 2.24) is 0 Å². The molecule has 3 rings (SSSR count). The number of carbonyl (C=O) groups excluding carboxylic acids is 1. The first-order chi connectivity index (χ1) is 11.6. The first kappa shape index (κ1) is 16.2. The van der Waals surface area contributed by atoms with E-state index in [1.807, 2.05) is 42.5 Å². The lowest BCUT2D eigenvalue weighted by Crippen LogP contribution is -2.40. The normalized spacial score (nSPS) is 23.7. The molecule has 5 nitrogen and oxygen atoms in total. The van der Waals surface area contributed by atoms with Crippen LogP contribution in [0.1, 0.15) is 35.8 Å². The SMILES string of the molecule is COc1ccc([C@H]2CC(=O)C[C@@H](c3ccccc3)[C@@H]2[N+](=O)[O-])cc1. The number of Topliss-reactive ketones (excluding diaryl/α,β-unsaturated/α-hetero) is 1. The molecule has 0 spiro atoms. The van der Waals surface area contributed by atoms with Gasteiger partial charge in [0.1, 0.15) is 11.5 Å². The van der Waals surface area contributed by atoms with Gasteiger partial charge in [-0.2, -0.15) is 0 Å². The lowest BCUT2D eigenvalue weighted by atomic mass is 9.71. The van der Waals surface area contributed by atoms with Crippen LogP contribution in [0.4, 0.5) is 0 Å². The van der Waals surface area contributed by atoms with Gasteiger partial charge in [0.2, 0.25) is 6.04 Å². The van der Waals surface area contributed by atoms with Gasteiger partial charge in [-0.15, -0.1) is 0 Å². The molecule has 0 amide bonds. The molecule has 1 aliphatic rings. The summed E-state index contributed by atoms with van der Waals surface area (Å²) in [5.41, 5.74) is 1.66. The maximum absolute atomic E-state index is 12.3. The maximum atomic E-state index is 12.3. The Bertz CT molecular complexity index is 727. The third-order valence-electron chi connectivity index (χ3n) is 4.73. The molecule has 0 aliphatic heterocycles. The van der Waals surface area contributed by atoms with Gasteiger partial charge in [0.25, 0.3) is 0 Å². The second-order valence-corrected chi connectivity index (χ2v) is 6.12. The minimum atomic E-state index is -0.807. The van der Waals surface area contributed by atoms with Gasteiger partial charge in [-0.3, -0.25) is 14.9 Å². The number of nitro groups is 1. The van der Waals surface area contributed by atoms with Crippen molar-refractivity contribution in [2.45, 2.75) is 30.7 Å². The number of ether oxygens (including phenoxy) is 1. The lowest BCUT2D eigenvalue weighted by Gasteiger charge is -2.32. The molecule has 0 N–H and O–H groups in total. The summed E-state index contributed by atoms with van der Waals surface area (Å²) in [6.07, 6.45) is 0.434. The van der Waals surface area contributed by atoms with Crippen molar-refractivity contribution >= 4 is 5.78 Å². The largest absolute Gasteiger partial charge is 0.497 e. The molecule has 0 unspecified atom stereocenters. The maximum Gasteiger partial charge on any atom is 0.227 e.